The molecule has 2 heterocycles. The van der Waals surface area contributed by atoms with Crippen LogP contribution in [0.25, 0.3) is 0 Å². The number of allylic oxidation sites excluding steroid dienone is 2. The number of hydrogen-bond donors (Lipinski definition) is 1. The molecule has 280 valence electrons. The van der Waals surface area contributed by atoms with Crippen molar-refractivity contribution >= 4 is 63.7 Å². The van der Waals surface area contributed by atoms with Crippen LogP contribution < -0.4 is 19.4 Å². The molecular weight excluding hydrogens is 729 g/mol. The predicted octanol–water partition coefficient (Wildman–Crippen LogP) is 5.90. The largest absolute Gasteiger partial charge is 0.504 e. The maximum absolute atomic E-state index is 14.7. The number of nitro groups is 2. The fourth-order valence-corrected chi connectivity index (χ4v) is 9.16. The van der Waals surface area contributed by atoms with E-state index in [0.29, 0.717) is 5.57 Å². The Bertz CT molecular complexity index is 2210. The van der Waals surface area contributed by atoms with Crippen molar-refractivity contribution in [2.24, 2.45) is 29.1 Å². The van der Waals surface area contributed by atoms with Crippen molar-refractivity contribution in [3.63, 3.8) is 0 Å². The average molecular weight is 762 g/mol. The molecule has 2 saturated heterocycles. The first-order valence-electron chi connectivity index (χ1n) is 17.0. The van der Waals surface area contributed by atoms with Crippen LogP contribution in [0.5, 0.6) is 11.5 Å². The number of para-hydroxylation sites is 1. The molecule has 3 fully saturated rings. The third kappa shape index (κ3) is 5.14. The second-order valence-corrected chi connectivity index (χ2v) is 14.5. The highest BCUT2D eigenvalue weighted by atomic mass is 35.5. The second kappa shape index (κ2) is 12.9. The van der Waals surface area contributed by atoms with Gasteiger partial charge in [0.05, 0.1) is 56.0 Å². The van der Waals surface area contributed by atoms with Crippen LogP contribution in [-0.4, -0.2) is 59.3 Å². The molecule has 17 heteroatoms. The number of phenols is 1. The first kappa shape index (κ1) is 36.5. The second-order valence-electron chi connectivity index (χ2n) is 14.1. The maximum atomic E-state index is 14.7. The number of phenolic OH excluding ortho intramolecular Hbond substituents is 1. The Balaban J connectivity index is 1.38. The smallest absolute Gasteiger partial charge is 0.301 e. The zero-order valence-corrected chi connectivity index (χ0v) is 30.1. The number of amides is 4. The van der Waals surface area contributed by atoms with Gasteiger partial charge in [-0.3, -0.25) is 39.4 Å². The molecule has 0 aromatic heterocycles. The maximum Gasteiger partial charge on any atom is 0.301 e. The van der Waals surface area contributed by atoms with Gasteiger partial charge in [-0.15, -0.1) is 0 Å². The molecule has 54 heavy (non-hydrogen) atoms. The van der Waals surface area contributed by atoms with Crippen LogP contribution in [0.1, 0.15) is 38.2 Å². The van der Waals surface area contributed by atoms with E-state index >= 15 is 0 Å². The van der Waals surface area contributed by atoms with E-state index in [9.17, 15) is 48.9 Å². The van der Waals surface area contributed by atoms with E-state index in [2.05, 4.69) is 0 Å². The van der Waals surface area contributed by atoms with Gasteiger partial charge in [0.1, 0.15) is 5.82 Å². The molecule has 6 atom stereocenters. The molecule has 4 aliphatic rings. The molecule has 7 rings (SSSR count). The lowest BCUT2D eigenvalue weighted by atomic mass is 9.51. The highest BCUT2D eigenvalue weighted by molar-refractivity contribution is 6.32. The number of rotatable bonds is 8. The molecule has 1 N–H and O–H groups in total. The number of carbonyl (C=O) groups excluding carboxylic acids is 4. The quantitative estimate of drug-likeness (QED) is 0.124. The van der Waals surface area contributed by atoms with E-state index in [0.717, 1.165) is 34.1 Å². The van der Waals surface area contributed by atoms with Crippen LogP contribution in [0.2, 0.25) is 5.02 Å². The SMILES string of the molecule is CCOc1cccc([C@H]2C3=CC[C@@H]4C(=O)N(c5cc([N+](=O)[O-])c(N(C)C)c([N+](=O)[O-])c5)C(=O)[C@@H]4[C@@H]3C[C@H]3C(=O)N(c4ccc(F)c(Cl)c4)C(=O)[C@@]23C)c1O. The third-order valence-electron chi connectivity index (χ3n) is 11.2. The highest BCUT2D eigenvalue weighted by Gasteiger charge is 2.68. The molecular formula is C37H33ClFN5O10. The molecule has 2 aliphatic carbocycles. The Hall–Kier alpha value is -5.90. The highest BCUT2D eigenvalue weighted by Crippen LogP contribution is 2.65. The summed E-state index contributed by atoms with van der Waals surface area (Å²) in [5.41, 5.74) is -2.84. The lowest BCUT2D eigenvalue weighted by Crippen LogP contribution is -2.48. The minimum absolute atomic E-state index is 0.0138. The third-order valence-corrected chi connectivity index (χ3v) is 11.5. The van der Waals surface area contributed by atoms with Crippen molar-refractivity contribution in [2.45, 2.75) is 32.6 Å². The first-order valence-corrected chi connectivity index (χ1v) is 17.4. The van der Waals surface area contributed by atoms with Crippen LogP contribution in [0.15, 0.2) is 60.2 Å². The summed E-state index contributed by atoms with van der Waals surface area (Å²) in [6, 6.07) is 10.1. The molecule has 2 aliphatic heterocycles. The number of carbonyl (C=O) groups is 4. The van der Waals surface area contributed by atoms with Gasteiger partial charge >= 0.3 is 11.4 Å². The lowest BCUT2D eigenvalue weighted by Gasteiger charge is -2.49. The Kier molecular flexibility index (Phi) is 8.71. The molecule has 4 amide bonds. The summed E-state index contributed by atoms with van der Waals surface area (Å²) in [6.45, 7) is 3.52. The molecule has 1 saturated carbocycles. The number of fused-ring (bicyclic) bond motifs is 4. The van der Waals surface area contributed by atoms with Crippen molar-refractivity contribution in [1.29, 1.82) is 0 Å². The number of aromatic hydroxyl groups is 1. The van der Waals surface area contributed by atoms with Gasteiger partial charge in [-0.25, -0.2) is 14.2 Å². The van der Waals surface area contributed by atoms with Gasteiger partial charge in [0.25, 0.3) is 0 Å². The Labute approximate surface area is 311 Å². The summed E-state index contributed by atoms with van der Waals surface area (Å²) in [5.74, 6) is -8.90. The summed E-state index contributed by atoms with van der Waals surface area (Å²) < 4.78 is 19.9. The summed E-state index contributed by atoms with van der Waals surface area (Å²) in [6.07, 6.45) is 1.63. The van der Waals surface area contributed by atoms with Crippen molar-refractivity contribution in [1.82, 2.24) is 0 Å². The number of imide groups is 2. The molecule has 0 spiro atoms. The van der Waals surface area contributed by atoms with Gasteiger partial charge in [-0.1, -0.05) is 35.4 Å². The average Bonchev–Trinajstić information content (AvgIpc) is 3.49. The summed E-state index contributed by atoms with van der Waals surface area (Å²) in [7, 11) is 2.78. The number of benzene rings is 3. The number of hydrogen-bond acceptors (Lipinski definition) is 11. The zero-order valence-electron chi connectivity index (χ0n) is 29.3. The van der Waals surface area contributed by atoms with Crippen LogP contribution in [0.4, 0.5) is 32.8 Å². The number of nitro benzene ring substituents is 2. The minimum atomic E-state index is -1.57. The standard InChI is InChI=1S/C37H33ClFN5O10/c1-5-54-28-8-6-7-21(32(28)45)30-19-10-11-20-29(22(19)16-23-34(47)42(36(49)37(23,30)2)17-9-12-25(39)24(38)13-17)35(48)41(33(20)46)18-14-26(43(50)51)31(40(3)4)27(15-18)44(52)53/h6-10,12-15,20,22-23,29-30,45H,5,11,16H2,1-4H3/t20-,22+,23-,29-,30+,37+/m0/s1. The molecule has 0 radical (unpaired) electrons. The predicted molar refractivity (Wildman–Crippen MR) is 192 cm³/mol. The zero-order chi connectivity index (χ0) is 39.1. The molecule has 3 aromatic carbocycles. The van der Waals surface area contributed by atoms with Crippen molar-refractivity contribution in [2.75, 3.05) is 35.4 Å². The Morgan fingerprint density at radius 3 is 2.22 bits per heavy atom. The number of ether oxygens (including phenoxy) is 1. The van der Waals surface area contributed by atoms with Gasteiger partial charge in [0.15, 0.2) is 17.2 Å². The number of halogens is 2. The van der Waals surface area contributed by atoms with E-state index < -0.39 is 85.7 Å². The summed E-state index contributed by atoms with van der Waals surface area (Å²) >= 11 is 6.07. The van der Waals surface area contributed by atoms with Gasteiger partial charge < -0.3 is 14.7 Å². The van der Waals surface area contributed by atoms with Crippen molar-refractivity contribution in [3.05, 3.63) is 96.8 Å². The molecule has 15 nitrogen and oxygen atoms in total. The fourth-order valence-electron chi connectivity index (χ4n) is 8.98. The van der Waals surface area contributed by atoms with Crippen LogP contribution >= 0.6 is 11.6 Å². The lowest BCUT2D eigenvalue weighted by molar-refractivity contribution is -0.392. The van der Waals surface area contributed by atoms with Gasteiger partial charge in [0, 0.05) is 37.7 Å². The van der Waals surface area contributed by atoms with Crippen LogP contribution in [0, 0.1) is 55.1 Å². The van der Waals surface area contributed by atoms with Gasteiger partial charge in [-0.2, -0.15) is 0 Å². The normalized spacial score (nSPS) is 26.0. The van der Waals surface area contributed by atoms with Gasteiger partial charge in [-0.05, 0) is 56.9 Å². The first-order chi connectivity index (χ1) is 25.5. The molecule has 0 unspecified atom stereocenters. The van der Waals surface area contributed by atoms with E-state index in [1.54, 1.807) is 38.1 Å². The van der Waals surface area contributed by atoms with Crippen molar-refractivity contribution < 1.29 is 43.3 Å². The summed E-state index contributed by atoms with van der Waals surface area (Å²) in [5, 5.41) is 35.6. The minimum Gasteiger partial charge on any atom is -0.504 e. The van der Waals surface area contributed by atoms with Crippen LogP contribution in [0.3, 0.4) is 0 Å². The molecule has 0 bridgehead atoms. The topological polar surface area (TPSA) is 194 Å². The van der Waals surface area contributed by atoms with E-state index in [1.165, 1.54) is 25.1 Å². The number of nitrogens with zero attached hydrogens (tertiary/aromatic N) is 5. The molecule has 3 aromatic rings. The summed E-state index contributed by atoms with van der Waals surface area (Å²) in [4.78, 5) is 83.2. The van der Waals surface area contributed by atoms with Crippen molar-refractivity contribution in [3.8, 4) is 11.5 Å². The van der Waals surface area contributed by atoms with E-state index in [4.69, 9.17) is 16.3 Å². The monoisotopic (exact) mass is 761 g/mol. The fraction of sp³-hybridized carbons (Fsp3) is 0.351. The Morgan fingerprint density at radius 2 is 1.63 bits per heavy atom. The van der Waals surface area contributed by atoms with E-state index in [-0.39, 0.29) is 58.6 Å². The van der Waals surface area contributed by atoms with Crippen LogP contribution in [-0.2, 0) is 19.2 Å². The van der Waals surface area contributed by atoms with Gasteiger partial charge in [0.2, 0.25) is 23.6 Å². The van der Waals surface area contributed by atoms with E-state index in [1.807, 2.05) is 0 Å². The Morgan fingerprint density at radius 1 is 0.963 bits per heavy atom. The number of anilines is 3.